The van der Waals surface area contributed by atoms with Gasteiger partial charge in [0.1, 0.15) is 18.3 Å². The van der Waals surface area contributed by atoms with Crippen molar-refractivity contribution in [2.45, 2.75) is 37.6 Å². The average molecular weight is 264 g/mol. The number of nitrogens with zero attached hydrogens (tertiary/aromatic N) is 3. The minimum atomic E-state index is -1.35. The normalized spacial score (nSPS) is 34.9. The number of aliphatic hydroxyl groups excluding tert-OH is 4. The summed E-state index contributed by atoms with van der Waals surface area (Å²) in [5.41, 5.74) is 12.7. The van der Waals surface area contributed by atoms with Gasteiger partial charge in [0, 0.05) is 11.8 Å². The Bertz CT molecular complexity index is 316. The highest BCUT2D eigenvalue weighted by molar-refractivity contribution is 5.73. The van der Waals surface area contributed by atoms with Crippen molar-refractivity contribution in [3.05, 3.63) is 10.4 Å². The highest BCUT2D eigenvalue weighted by Crippen LogP contribution is 2.17. The van der Waals surface area contributed by atoms with E-state index in [1.54, 1.807) is 0 Å². The molecule has 0 radical (unpaired) electrons. The third kappa shape index (κ3) is 4.94. The van der Waals surface area contributed by atoms with Gasteiger partial charge in [0.25, 0.3) is 0 Å². The van der Waals surface area contributed by atoms with Crippen molar-refractivity contribution in [2.24, 2.45) is 10.8 Å². The van der Waals surface area contributed by atoms with Crippen LogP contribution in [-0.4, -0.2) is 63.6 Å². The first kappa shape index (κ1) is 16.7. The Morgan fingerprint density at radius 1 is 1.44 bits per heavy atom. The molecule has 1 amide bonds. The molecule has 6 N–H and O–H groups in total. The second-order valence-electron chi connectivity index (χ2n) is 3.51. The summed E-state index contributed by atoms with van der Waals surface area (Å²) in [5.74, 6) is -0.502. The van der Waals surface area contributed by atoms with Gasteiger partial charge in [0.2, 0.25) is 5.91 Å². The molecule has 1 aliphatic heterocycles. The Morgan fingerprint density at radius 2 is 2.00 bits per heavy atom. The van der Waals surface area contributed by atoms with Crippen molar-refractivity contribution in [2.75, 3.05) is 6.61 Å². The fourth-order valence-corrected chi connectivity index (χ4v) is 1.18. The third-order valence-corrected chi connectivity index (χ3v) is 2.13. The number of hydrogen-bond acceptors (Lipinski definition) is 7. The van der Waals surface area contributed by atoms with Crippen molar-refractivity contribution in [1.82, 2.24) is 0 Å². The maximum absolute atomic E-state index is 9.62. The summed E-state index contributed by atoms with van der Waals surface area (Å²) in [6.45, 7) is 0.724. The molecule has 0 saturated carbocycles. The van der Waals surface area contributed by atoms with E-state index >= 15 is 0 Å². The molecule has 1 aliphatic rings. The van der Waals surface area contributed by atoms with Crippen LogP contribution in [0.1, 0.15) is 6.92 Å². The smallest absolute Gasteiger partial charge is 0.215 e. The fourth-order valence-electron chi connectivity index (χ4n) is 1.18. The predicted octanol–water partition coefficient (Wildman–Crippen LogP) is -2.41. The second kappa shape index (κ2) is 7.95. The molecular weight excluding hydrogens is 248 g/mol. The van der Waals surface area contributed by atoms with Crippen molar-refractivity contribution < 1.29 is 30.0 Å². The van der Waals surface area contributed by atoms with Gasteiger partial charge < -0.3 is 30.9 Å². The standard InChI is InChI=1S/C6H13NO5.C2H3N3O/c7-3-5(10)4(9)2(1-8)12-6(3)11;1-2(6)4-5-3/h2-6,8-11H,1,7H2;1H3/t2-,3+,4-,5-,6?;/m1./s1. The molecule has 0 aromatic heterocycles. The van der Waals surface area contributed by atoms with Crippen LogP contribution in [0.2, 0.25) is 0 Å². The second-order valence-corrected chi connectivity index (χ2v) is 3.51. The highest BCUT2D eigenvalue weighted by Gasteiger charge is 2.41. The molecule has 1 rings (SSSR count). The monoisotopic (exact) mass is 264 g/mol. The minimum Gasteiger partial charge on any atom is -0.394 e. The zero-order valence-corrected chi connectivity index (χ0v) is 9.62. The molecule has 10 heteroatoms. The van der Waals surface area contributed by atoms with Gasteiger partial charge in [-0.3, -0.25) is 4.79 Å². The molecule has 1 saturated heterocycles. The lowest BCUT2D eigenvalue weighted by molar-refractivity contribution is -0.248. The highest BCUT2D eigenvalue weighted by atomic mass is 16.6. The quantitative estimate of drug-likeness (QED) is 0.198. The topological polar surface area (TPSA) is 182 Å². The van der Waals surface area contributed by atoms with E-state index in [1.165, 1.54) is 6.92 Å². The summed E-state index contributed by atoms with van der Waals surface area (Å²) in [6.07, 6.45) is -4.85. The number of carbonyl (C=O) groups is 1. The van der Waals surface area contributed by atoms with Crippen LogP contribution in [0.3, 0.4) is 0 Å². The summed E-state index contributed by atoms with van der Waals surface area (Å²) in [5, 5.41) is 38.7. The fraction of sp³-hybridized carbons (Fsp3) is 0.875. The first-order valence-corrected chi connectivity index (χ1v) is 4.96. The maximum Gasteiger partial charge on any atom is 0.215 e. The SMILES string of the molecule is CC(=O)N=[N+]=[N-].N[C@@H]1C(O)O[C@H](CO)[C@@H](O)[C@@H]1O. The molecule has 0 spiro atoms. The molecule has 104 valence electrons. The molecule has 18 heavy (non-hydrogen) atoms. The van der Waals surface area contributed by atoms with E-state index < -0.39 is 43.2 Å². The summed E-state index contributed by atoms with van der Waals surface area (Å²) >= 11 is 0. The summed E-state index contributed by atoms with van der Waals surface area (Å²) < 4.78 is 4.70. The number of rotatable bonds is 1. The summed E-state index contributed by atoms with van der Waals surface area (Å²) in [6, 6.07) is -1.04. The number of azide groups is 1. The van der Waals surface area contributed by atoms with Crippen LogP contribution in [-0.2, 0) is 9.53 Å². The van der Waals surface area contributed by atoms with E-state index in [1.807, 2.05) is 0 Å². The number of aliphatic hydroxyl groups is 4. The van der Waals surface area contributed by atoms with E-state index in [4.69, 9.17) is 26.2 Å². The lowest BCUT2D eigenvalue weighted by Gasteiger charge is -2.38. The number of amides is 1. The lowest BCUT2D eigenvalue weighted by atomic mass is 9.98. The molecule has 10 nitrogen and oxygen atoms in total. The summed E-state index contributed by atoms with van der Waals surface area (Å²) in [4.78, 5) is 11.8. The van der Waals surface area contributed by atoms with Crippen LogP contribution in [0, 0.1) is 0 Å². The van der Waals surface area contributed by atoms with Crippen molar-refractivity contribution in [3.63, 3.8) is 0 Å². The first-order chi connectivity index (χ1) is 8.34. The average Bonchev–Trinajstić information content (AvgIpc) is 2.32. The van der Waals surface area contributed by atoms with E-state index in [9.17, 15) is 15.0 Å². The van der Waals surface area contributed by atoms with E-state index in [0.29, 0.717) is 0 Å². The summed E-state index contributed by atoms with van der Waals surface area (Å²) in [7, 11) is 0. The van der Waals surface area contributed by atoms with Gasteiger partial charge in [0.15, 0.2) is 6.29 Å². The molecule has 5 atom stereocenters. The third-order valence-electron chi connectivity index (χ3n) is 2.13. The molecule has 0 aromatic rings. The van der Waals surface area contributed by atoms with Gasteiger partial charge in [-0.2, -0.15) is 0 Å². The van der Waals surface area contributed by atoms with Gasteiger partial charge >= 0.3 is 0 Å². The Labute approximate surface area is 102 Å². The van der Waals surface area contributed by atoms with Crippen molar-refractivity contribution in [3.8, 4) is 0 Å². The number of nitrogens with two attached hydrogens (primary N) is 1. The Morgan fingerprint density at radius 3 is 2.33 bits per heavy atom. The van der Waals surface area contributed by atoms with Crippen molar-refractivity contribution >= 4 is 5.91 Å². The van der Waals surface area contributed by atoms with E-state index in [0.717, 1.165) is 0 Å². The Hall–Kier alpha value is -1.26. The van der Waals surface area contributed by atoms with E-state index in [-0.39, 0.29) is 0 Å². The lowest BCUT2D eigenvalue weighted by Crippen LogP contribution is -2.61. The van der Waals surface area contributed by atoms with Gasteiger partial charge in [0.05, 0.1) is 12.6 Å². The minimum absolute atomic E-state index is 0.470. The molecule has 0 aromatic carbocycles. The van der Waals surface area contributed by atoms with Crippen LogP contribution in [0.4, 0.5) is 0 Å². The van der Waals surface area contributed by atoms with E-state index in [2.05, 4.69) is 10.0 Å². The van der Waals surface area contributed by atoms with Crippen LogP contribution >= 0.6 is 0 Å². The molecule has 1 heterocycles. The van der Waals surface area contributed by atoms with Crippen LogP contribution in [0.5, 0.6) is 0 Å². The first-order valence-electron chi connectivity index (χ1n) is 4.96. The van der Waals surface area contributed by atoms with Gasteiger partial charge in [-0.05, 0) is 10.6 Å². The van der Waals surface area contributed by atoms with Crippen LogP contribution in [0.15, 0.2) is 5.11 Å². The molecule has 0 aliphatic carbocycles. The number of hydrogen-bond donors (Lipinski definition) is 5. The zero-order valence-electron chi connectivity index (χ0n) is 9.62. The van der Waals surface area contributed by atoms with Gasteiger partial charge in [-0.1, -0.05) is 0 Å². The predicted molar refractivity (Wildman–Crippen MR) is 57.8 cm³/mol. The molecule has 0 bridgehead atoms. The number of carbonyl (C=O) groups excluding carboxylic acids is 1. The Balaban J connectivity index is 0.000000411. The zero-order chi connectivity index (χ0) is 14.3. The number of ether oxygens (including phenoxy) is 1. The van der Waals surface area contributed by atoms with Crippen molar-refractivity contribution in [1.29, 1.82) is 0 Å². The largest absolute Gasteiger partial charge is 0.394 e. The van der Waals surface area contributed by atoms with Gasteiger partial charge in [-0.25, -0.2) is 0 Å². The molecular formula is C8H16N4O6. The molecule has 1 unspecified atom stereocenters. The van der Waals surface area contributed by atoms with Crippen LogP contribution in [0.25, 0.3) is 10.4 Å². The molecule has 1 fully saturated rings. The maximum atomic E-state index is 9.62. The van der Waals surface area contributed by atoms with Crippen LogP contribution < -0.4 is 5.73 Å². The van der Waals surface area contributed by atoms with Gasteiger partial charge in [-0.15, -0.1) is 0 Å². The Kier molecular flexibility index (Phi) is 7.39.